The molecule has 1 aromatic rings. The lowest BCUT2D eigenvalue weighted by Crippen LogP contribution is -2.49. The molecular formula is C21H33FIN5O. The minimum Gasteiger partial charge on any atom is -0.368 e. The largest absolute Gasteiger partial charge is 0.368 e. The highest BCUT2D eigenvalue weighted by Gasteiger charge is 2.21. The van der Waals surface area contributed by atoms with E-state index < -0.39 is 0 Å². The van der Waals surface area contributed by atoms with E-state index in [1.807, 2.05) is 4.90 Å². The van der Waals surface area contributed by atoms with Crippen LogP contribution in [0.1, 0.15) is 39.0 Å². The number of benzene rings is 1. The van der Waals surface area contributed by atoms with Crippen LogP contribution < -0.4 is 15.5 Å². The number of aliphatic imine (C=N–C) groups is 1. The van der Waals surface area contributed by atoms with Crippen LogP contribution >= 0.6 is 24.0 Å². The molecular weight excluding hydrogens is 484 g/mol. The summed E-state index contributed by atoms with van der Waals surface area (Å²) in [6.07, 6.45) is 5.38. The van der Waals surface area contributed by atoms with Gasteiger partial charge in [0.15, 0.2) is 5.96 Å². The third-order valence-electron chi connectivity index (χ3n) is 5.46. The minimum atomic E-state index is -0.225. The number of carbonyl (C=O) groups excluding carboxylic acids is 1. The number of hydrogen-bond donors (Lipinski definition) is 2. The summed E-state index contributed by atoms with van der Waals surface area (Å²) >= 11 is 0. The maximum Gasteiger partial charge on any atom is 0.224 e. The molecule has 1 amide bonds. The van der Waals surface area contributed by atoms with E-state index in [1.54, 1.807) is 12.1 Å². The number of halogens is 2. The van der Waals surface area contributed by atoms with Crippen LogP contribution in [-0.4, -0.2) is 62.1 Å². The second-order valence-electron chi connectivity index (χ2n) is 7.48. The number of piperazine rings is 1. The van der Waals surface area contributed by atoms with E-state index in [9.17, 15) is 9.18 Å². The standard InChI is InChI=1S/C21H32FN5O.HI/c1-2-23-21(25-18-5-3-4-6-18)24-12-11-20(28)27-15-13-26(14-16-27)19-9-7-17(22)8-10-19;/h7-10,18H,2-6,11-16H2,1H3,(H2,23,24,25);1H. The first-order valence-corrected chi connectivity index (χ1v) is 10.5. The Balaban J connectivity index is 0.00000300. The summed E-state index contributed by atoms with van der Waals surface area (Å²) in [6, 6.07) is 7.05. The zero-order valence-electron chi connectivity index (χ0n) is 17.2. The van der Waals surface area contributed by atoms with Gasteiger partial charge in [0.2, 0.25) is 5.91 Å². The molecule has 6 nitrogen and oxygen atoms in total. The fraction of sp³-hybridized carbons (Fsp3) is 0.619. The third kappa shape index (κ3) is 7.31. The molecule has 1 aromatic carbocycles. The normalized spacial score (nSPS) is 17.8. The molecule has 0 atom stereocenters. The molecule has 1 saturated carbocycles. The van der Waals surface area contributed by atoms with Gasteiger partial charge in [-0.05, 0) is 44.0 Å². The maximum atomic E-state index is 13.1. The van der Waals surface area contributed by atoms with Gasteiger partial charge in [-0.2, -0.15) is 0 Å². The SMILES string of the molecule is CCNC(=NCCC(=O)N1CCN(c2ccc(F)cc2)CC1)NC1CCCC1.I. The molecule has 0 bridgehead atoms. The van der Waals surface area contributed by atoms with E-state index in [-0.39, 0.29) is 35.7 Å². The van der Waals surface area contributed by atoms with Crippen molar-refractivity contribution in [2.24, 2.45) is 4.99 Å². The molecule has 0 unspecified atom stereocenters. The molecule has 0 aromatic heterocycles. The molecule has 0 radical (unpaired) electrons. The number of nitrogens with one attached hydrogen (secondary N) is 2. The monoisotopic (exact) mass is 517 g/mol. The van der Waals surface area contributed by atoms with Crippen molar-refractivity contribution in [3.05, 3.63) is 30.1 Å². The van der Waals surface area contributed by atoms with Crippen LogP contribution in [0.3, 0.4) is 0 Å². The predicted molar refractivity (Wildman–Crippen MR) is 127 cm³/mol. The first-order valence-electron chi connectivity index (χ1n) is 10.5. The Morgan fingerprint density at radius 1 is 1.14 bits per heavy atom. The van der Waals surface area contributed by atoms with Gasteiger partial charge in [-0.3, -0.25) is 9.79 Å². The Bertz CT molecular complexity index is 656. The van der Waals surface area contributed by atoms with Gasteiger partial charge in [0.25, 0.3) is 0 Å². The molecule has 29 heavy (non-hydrogen) atoms. The lowest BCUT2D eigenvalue weighted by Gasteiger charge is -2.36. The molecule has 1 aliphatic carbocycles. The molecule has 2 N–H and O–H groups in total. The highest BCUT2D eigenvalue weighted by atomic mass is 127. The van der Waals surface area contributed by atoms with E-state index in [4.69, 9.17) is 0 Å². The zero-order valence-corrected chi connectivity index (χ0v) is 19.5. The van der Waals surface area contributed by atoms with E-state index >= 15 is 0 Å². The lowest BCUT2D eigenvalue weighted by molar-refractivity contribution is -0.131. The summed E-state index contributed by atoms with van der Waals surface area (Å²) in [5.74, 6) is 0.750. The second kappa shape index (κ2) is 12.2. The number of guanidine groups is 1. The van der Waals surface area contributed by atoms with Gasteiger partial charge >= 0.3 is 0 Å². The fourth-order valence-corrected chi connectivity index (χ4v) is 3.87. The first kappa shape index (κ1) is 23.7. The molecule has 1 saturated heterocycles. The number of hydrogen-bond acceptors (Lipinski definition) is 3. The highest BCUT2D eigenvalue weighted by Crippen LogP contribution is 2.18. The Hall–Kier alpha value is -1.58. The van der Waals surface area contributed by atoms with Crippen LogP contribution in [0.25, 0.3) is 0 Å². The van der Waals surface area contributed by atoms with Gasteiger partial charge in [0.05, 0.1) is 6.54 Å². The number of rotatable bonds is 6. The summed E-state index contributed by atoms with van der Waals surface area (Å²) in [6.45, 7) is 6.30. The van der Waals surface area contributed by atoms with Crippen molar-refractivity contribution >= 4 is 41.5 Å². The average Bonchev–Trinajstić information content (AvgIpc) is 3.22. The van der Waals surface area contributed by atoms with Crippen LogP contribution in [0.5, 0.6) is 0 Å². The van der Waals surface area contributed by atoms with Gasteiger partial charge in [-0.15, -0.1) is 24.0 Å². The number of carbonyl (C=O) groups is 1. The molecule has 2 fully saturated rings. The second-order valence-corrected chi connectivity index (χ2v) is 7.48. The van der Waals surface area contributed by atoms with Gasteiger partial charge in [-0.25, -0.2) is 4.39 Å². The Morgan fingerprint density at radius 2 is 1.79 bits per heavy atom. The molecule has 0 spiro atoms. The van der Waals surface area contributed by atoms with E-state index in [1.165, 1.54) is 37.8 Å². The van der Waals surface area contributed by atoms with Crippen LogP contribution in [0.15, 0.2) is 29.3 Å². The van der Waals surface area contributed by atoms with Crippen molar-refractivity contribution in [2.75, 3.05) is 44.2 Å². The molecule has 3 rings (SSSR count). The third-order valence-corrected chi connectivity index (χ3v) is 5.46. The first-order chi connectivity index (χ1) is 13.7. The summed E-state index contributed by atoms with van der Waals surface area (Å²) < 4.78 is 13.1. The van der Waals surface area contributed by atoms with Crippen LogP contribution in [0.2, 0.25) is 0 Å². The summed E-state index contributed by atoms with van der Waals surface area (Å²) in [5.41, 5.74) is 1.01. The van der Waals surface area contributed by atoms with Crippen LogP contribution in [0, 0.1) is 5.82 Å². The Kier molecular flexibility index (Phi) is 9.96. The van der Waals surface area contributed by atoms with Crippen molar-refractivity contribution in [2.45, 2.75) is 45.1 Å². The summed E-state index contributed by atoms with van der Waals surface area (Å²) in [7, 11) is 0. The van der Waals surface area contributed by atoms with Crippen LogP contribution in [-0.2, 0) is 4.79 Å². The van der Waals surface area contributed by atoms with Gasteiger partial charge in [-0.1, -0.05) is 12.8 Å². The molecule has 2 aliphatic rings. The minimum absolute atomic E-state index is 0. The van der Waals surface area contributed by atoms with Crippen molar-refractivity contribution in [3.8, 4) is 0 Å². The fourth-order valence-electron chi connectivity index (χ4n) is 3.87. The number of amides is 1. The van der Waals surface area contributed by atoms with Gasteiger partial charge < -0.3 is 20.4 Å². The molecule has 1 aliphatic heterocycles. The molecule has 8 heteroatoms. The number of anilines is 1. The summed E-state index contributed by atoms with van der Waals surface area (Å²) in [4.78, 5) is 21.2. The zero-order chi connectivity index (χ0) is 19.8. The van der Waals surface area contributed by atoms with Gasteiger partial charge in [0, 0.05) is 50.9 Å². The van der Waals surface area contributed by atoms with E-state index in [0.717, 1.165) is 31.3 Å². The van der Waals surface area contributed by atoms with Crippen LogP contribution in [0.4, 0.5) is 10.1 Å². The average molecular weight is 517 g/mol. The molecule has 1 heterocycles. The smallest absolute Gasteiger partial charge is 0.224 e. The van der Waals surface area contributed by atoms with Crippen molar-refractivity contribution in [1.29, 1.82) is 0 Å². The quantitative estimate of drug-likeness (QED) is 0.346. The summed E-state index contributed by atoms with van der Waals surface area (Å²) in [5, 5.41) is 6.75. The van der Waals surface area contributed by atoms with E-state index in [0.29, 0.717) is 32.1 Å². The Labute approximate surface area is 190 Å². The molecule has 162 valence electrons. The predicted octanol–water partition coefficient (Wildman–Crippen LogP) is 2.98. The number of nitrogens with zero attached hydrogens (tertiary/aromatic N) is 3. The van der Waals surface area contributed by atoms with E-state index in [2.05, 4.69) is 27.4 Å². The van der Waals surface area contributed by atoms with Gasteiger partial charge in [0.1, 0.15) is 5.82 Å². The van der Waals surface area contributed by atoms with Crippen molar-refractivity contribution in [1.82, 2.24) is 15.5 Å². The maximum absolute atomic E-state index is 13.1. The highest BCUT2D eigenvalue weighted by molar-refractivity contribution is 14.0. The Morgan fingerprint density at radius 3 is 2.41 bits per heavy atom. The van der Waals surface area contributed by atoms with Crippen molar-refractivity contribution < 1.29 is 9.18 Å². The topological polar surface area (TPSA) is 60.0 Å². The van der Waals surface area contributed by atoms with Crippen molar-refractivity contribution in [3.63, 3.8) is 0 Å². The lowest BCUT2D eigenvalue weighted by atomic mass is 10.2.